The smallest absolute Gasteiger partial charge is 0.248 e. The number of carbonyl (C=O) groups excluding carboxylic acids is 1. The Morgan fingerprint density at radius 2 is 2.00 bits per heavy atom. The molecule has 9 heavy (non-hydrogen) atoms. The molecule has 0 saturated heterocycles. The number of amides is 1. The van der Waals surface area contributed by atoms with Crippen molar-refractivity contribution >= 4 is 5.91 Å². The molecule has 0 aliphatic carbocycles. The average Bonchev–Trinajstić information content (AvgIpc) is 1.84. The third-order valence-corrected chi connectivity index (χ3v) is 1.15. The predicted molar refractivity (Wildman–Crippen MR) is 37.8 cm³/mol. The standard InChI is InChI=1S/C7H11NO/c1-4-5(2)6(3)7(8)9/h2-4H2,1H3,(H2,8,9). The Morgan fingerprint density at radius 3 is 2.11 bits per heavy atom. The average molecular weight is 125 g/mol. The highest BCUT2D eigenvalue weighted by molar-refractivity contribution is 5.95. The quantitative estimate of drug-likeness (QED) is 0.443. The van der Waals surface area contributed by atoms with Crippen molar-refractivity contribution in [1.82, 2.24) is 0 Å². The second-order valence-electron chi connectivity index (χ2n) is 1.80. The minimum absolute atomic E-state index is 0.331. The third-order valence-electron chi connectivity index (χ3n) is 1.15. The lowest BCUT2D eigenvalue weighted by Gasteiger charge is -1.99. The van der Waals surface area contributed by atoms with Crippen LogP contribution in [0.2, 0.25) is 0 Å². The van der Waals surface area contributed by atoms with Crippen LogP contribution < -0.4 is 5.73 Å². The SMILES string of the molecule is C=C(CC)C(=C)C(N)=O. The molecule has 0 bridgehead atoms. The van der Waals surface area contributed by atoms with Crippen molar-refractivity contribution in [3.8, 4) is 0 Å². The van der Waals surface area contributed by atoms with Gasteiger partial charge in [-0.3, -0.25) is 4.79 Å². The topological polar surface area (TPSA) is 43.1 Å². The first-order chi connectivity index (χ1) is 4.09. The molecular weight excluding hydrogens is 114 g/mol. The van der Waals surface area contributed by atoms with Gasteiger partial charge in [0.05, 0.1) is 0 Å². The fraction of sp³-hybridized carbons (Fsp3) is 0.286. The Bertz CT molecular complexity index is 158. The summed E-state index contributed by atoms with van der Waals surface area (Å²) in [5.41, 5.74) is 5.95. The van der Waals surface area contributed by atoms with E-state index in [2.05, 4.69) is 13.2 Å². The van der Waals surface area contributed by atoms with Crippen LogP contribution in [0.15, 0.2) is 24.3 Å². The molecule has 0 unspecified atom stereocenters. The van der Waals surface area contributed by atoms with Gasteiger partial charge in [0.25, 0.3) is 0 Å². The Labute approximate surface area is 55.1 Å². The molecule has 0 atom stereocenters. The molecule has 50 valence electrons. The molecule has 0 rings (SSSR count). The van der Waals surface area contributed by atoms with Gasteiger partial charge >= 0.3 is 0 Å². The molecule has 0 fully saturated rings. The number of carbonyl (C=O) groups is 1. The van der Waals surface area contributed by atoms with Gasteiger partial charge in [-0.05, 0) is 12.0 Å². The van der Waals surface area contributed by atoms with Crippen molar-refractivity contribution in [2.75, 3.05) is 0 Å². The maximum atomic E-state index is 10.4. The molecule has 2 nitrogen and oxygen atoms in total. The highest BCUT2D eigenvalue weighted by atomic mass is 16.1. The lowest BCUT2D eigenvalue weighted by Crippen LogP contribution is -2.13. The fourth-order valence-electron chi connectivity index (χ4n) is 0.388. The number of rotatable bonds is 3. The molecule has 2 N–H and O–H groups in total. The van der Waals surface area contributed by atoms with Gasteiger partial charge in [-0.25, -0.2) is 0 Å². The summed E-state index contributed by atoms with van der Waals surface area (Å²) >= 11 is 0. The summed E-state index contributed by atoms with van der Waals surface area (Å²) in [4.78, 5) is 10.4. The minimum Gasteiger partial charge on any atom is -0.366 e. The van der Waals surface area contributed by atoms with E-state index in [4.69, 9.17) is 5.73 Å². The number of nitrogens with two attached hydrogens (primary N) is 1. The molecule has 0 heterocycles. The van der Waals surface area contributed by atoms with Crippen LogP contribution in [0.1, 0.15) is 13.3 Å². The predicted octanol–water partition coefficient (Wildman–Crippen LogP) is 0.994. The Hall–Kier alpha value is -1.05. The number of hydrogen-bond acceptors (Lipinski definition) is 1. The van der Waals surface area contributed by atoms with Gasteiger partial charge in [0, 0.05) is 5.57 Å². The van der Waals surface area contributed by atoms with Crippen LogP contribution >= 0.6 is 0 Å². The lowest BCUT2D eigenvalue weighted by molar-refractivity contribution is -0.114. The van der Waals surface area contributed by atoms with Crippen LogP contribution in [-0.2, 0) is 4.79 Å². The van der Waals surface area contributed by atoms with Crippen LogP contribution in [-0.4, -0.2) is 5.91 Å². The second-order valence-corrected chi connectivity index (χ2v) is 1.80. The molecule has 0 aromatic carbocycles. The number of primary amides is 1. The van der Waals surface area contributed by atoms with E-state index in [1.807, 2.05) is 6.92 Å². The maximum absolute atomic E-state index is 10.4. The Kier molecular flexibility index (Phi) is 2.71. The van der Waals surface area contributed by atoms with Gasteiger partial charge in [-0.1, -0.05) is 20.1 Å². The molecule has 0 radical (unpaired) electrons. The van der Waals surface area contributed by atoms with Gasteiger partial charge in [0.2, 0.25) is 5.91 Å². The van der Waals surface area contributed by atoms with Crippen molar-refractivity contribution < 1.29 is 4.79 Å². The summed E-state index contributed by atoms with van der Waals surface area (Å²) in [7, 11) is 0. The summed E-state index contributed by atoms with van der Waals surface area (Å²) in [5, 5.41) is 0. The van der Waals surface area contributed by atoms with Crippen LogP contribution in [0, 0.1) is 0 Å². The zero-order valence-corrected chi connectivity index (χ0v) is 5.61. The van der Waals surface area contributed by atoms with Gasteiger partial charge in [0.1, 0.15) is 0 Å². The van der Waals surface area contributed by atoms with E-state index in [0.717, 1.165) is 6.42 Å². The van der Waals surface area contributed by atoms with Crippen molar-refractivity contribution in [3.63, 3.8) is 0 Å². The van der Waals surface area contributed by atoms with Gasteiger partial charge in [0.15, 0.2) is 0 Å². The molecule has 0 spiro atoms. The zero-order chi connectivity index (χ0) is 7.44. The molecule has 0 saturated carbocycles. The lowest BCUT2D eigenvalue weighted by atomic mass is 10.1. The van der Waals surface area contributed by atoms with Crippen LogP contribution in [0.5, 0.6) is 0 Å². The van der Waals surface area contributed by atoms with Gasteiger partial charge in [-0.15, -0.1) is 0 Å². The Morgan fingerprint density at radius 1 is 1.56 bits per heavy atom. The minimum atomic E-state index is -0.484. The first-order valence-corrected chi connectivity index (χ1v) is 2.76. The molecule has 0 aromatic rings. The van der Waals surface area contributed by atoms with E-state index in [1.165, 1.54) is 0 Å². The van der Waals surface area contributed by atoms with E-state index in [1.54, 1.807) is 0 Å². The highest BCUT2D eigenvalue weighted by Crippen LogP contribution is 2.06. The normalized spacial score (nSPS) is 8.56. The van der Waals surface area contributed by atoms with Crippen molar-refractivity contribution in [2.24, 2.45) is 5.73 Å². The summed E-state index contributed by atoms with van der Waals surface area (Å²) in [6, 6.07) is 0. The second kappa shape index (κ2) is 3.07. The van der Waals surface area contributed by atoms with Crippen molar-refractivity contribution in [1.29, 1.82) is 0 Å². The van der Waals surface area contributed by atoms with E-state index in [-0.39, 0.29) is 0 Å². The van der Waals surface area contributed by atoms with Gasteiger partial charge in [-0.2, -0.15) is 0 Å². The summed E-state index contributed by atoms with van der Waals surface area (Å²) in [6.45, 7) is 8.94. The zero-order valence-electron chi connectivity index (χ0n) is 5.61. The first kappa shape index (κ1) is 7.95. The van der Waals surface area contributed by atoms with Crippen LogP contribution in [0.4, 0.5) is 0 Å². The summed E-state index contributed by atoms with van der Waals surface area (Å²) in [5.74, 6) is -0.484. The molecule has 0 aliphatic rings. The largest absolute Gasteiger partial charge is 0.366 e. The summed E-state index contributed by atoms with van der Waals surface area (Å²) < 4.78 is 0. The molecular formula is C7H11NO. The Balaban J connectivity index is 4.05. The van der Waals surface area contributed by atoms with Gasteiger partial charge < -0.3 is 5.73 Å². The van der Waals surface area contributed by atoms with E-state index >= 15 is 0 Å². The highest BCUT2D eigenvalue weighted by Gasteiger charge is 2.02. The first-order valence-electron chi connectivity index (χ1n) is 2.76. The molecule has 0 aliphatic heterocycles. The van der Waals surface area contributed by atoms with E-state index < -0.39 is 5.91 Å². The maximum Gasteiger partial charge on any atom is 0.248 e. The van der Waals surface area contributed by atoms with E-state index in [0.29, 0.717) is 11.1 Å². The molecule has 1 amide bonds. The monoisotopic (exact) mass is 125 g/mol. The van der Waals surface area contributed by atoms with Crippen LogP contribution in [0.25, 0.3) is 0 Å². The molecule has 0 aromatic heterocycles. The van der Waals surface area contributed by atoms with Crippen LogP contribution in [0.3, 0.4) is 0 Å². The summed E-state index contributed by atoms with van der Waals surface area (Å²) in [6.07, 6.45) is 0.724. The molecule has 2 heteroatoms. The fourth-order valence-corrected chi connectivity index (χ4v) is 0.388. The third kappa shape index (κ3) is 2.13. The van der Waals surface area contributed by atoms with Crippen molar-refractivity contribution in [2.45, 2.75) is 13.3 Å². The van der Waals surface area contributed by atoms with Crippen molar-refractivity contribution in [3.05, 3.63) is 24.3 Å². The number of hydrogen-bond donors (Lipinski definition) is 1. The van der Waals surface area contributed by atoms with E-state index in [9.17, 15) is 4.79 Å².